The van der Waals surface area contributed by atoms with Crippen LogP contribution in [0.1, 0.15) is 19.3 Å². The largest absolute Gasteiger partial charge is 0.340 e. The molecule has 0 saturated carbocycles. The lowest BCUT2D eigenvalue weighted by atomic mass is 10.2. The van der Waals surface area contributed by atoms with Crippen molar-refractivity contribution in [1.29, 1.82) is 10.5 Å². The van der Waals surface area contributed by atoms with Crippen molar-refractivity contribution in [3.63, 3.8) is 0 Å². The van der Waals surface area contributed by atoms with E-state index >= 15 is 0 Å². The van der Waals surface area contributed by atoms with Gasteiger partial charge in [-0.2, -0.15) is 10.5 Å². The third-order valence-corrected chi connectivity index (χ3v) is 5.31. The van der Waals surface area contributed by atoms with Gasteiger partial charge < -0.3 is 4.90 Å². The number of likely N-dealkylation sites (N-methyl/N-ethyl adjacent to an activating group) is 1. The van der Waals surface area contributed by atoms with Gasteiger partial charge in [0, 0.05) is 19.1 Å². The fourth-order valence-electron chi connectivity index (χ4n) is 2.30. The maximum atomic E-state index is 12.2. The summed E-state index contributed by atoms with van der Waals surface area (Å²) in [5.74, 6) is 0.0861. The average molecular weight is 312 g/mol. The van der Waals surface area contributed by atoms with E-state index in [4.69, 9.17) is 10.5 Å². The normalized spacial score (nSPS) is 19.9. The molecule has 0 N–H and O–H groups in total. The number of hydrogen-bond donors (Lipinski definition) is 0. The van der Waals surface area contributed by atoms with E-state index in [1.165, 1.54) is 4.90 Å². The van der Waals surface area contributed by atoms with Gasteiger partial charge in [0.2, 0.25) is 5.91 Å². The fraction of sp³-hybridized carbons (Fsp3) is 0.769. The van der Waals surface area contributed by atoms with E-state index in [-0.39, 0.29) is 42.8 Å². The van der Waals surface area contributed by atoms with Crippen LogP contribution in [0.4, 0.5) is 0 Å². The van der Waals surface area contributed by atoms with Crippen molar-refractivity contribution >= 4 is 15.7 Å². The Morgan fingerprint density at radius 1 is 1.24 bits per heavy atom. The van der Waals surface area contributed by atoms with Gasteiger partial charge in [-0.3, -0.25) is 9.69 Å². The van der Waals surface area contributed by atoms with Crippen molar-refractivity contribution in [3.05, 3.63) is 0 Å². The quantitative estimate of drug-likeness (QED) is 0.642. The predicted octanol–water partition coefficient (Wildman–Crippen LogP) is -0.239. The summed E-state index contributed by atoms with van der Waals surface area (Å²) in [6, 6.07) is 3.83. The second-order valence-electron chi connectivity index (χ2n) is 5.17. The number of sulfone groups is 1. The van der Waals surface area contributed by atoms with E-state index in [2.05, 4.69) is 0 Å². The lowest BCUT2D eigenvalue weighted by Gasteiger charge is -2.27. The molecule has 1 rings (SSSR count). The molecule has 1 aliphatic rings. The minimum Gasteiger partial charge on any atom is -0.340 e. The Kier molecular flexibility index (Phi) is 6.60. The van der Waals surface area contributed by atoms with Crippen LogP contribution in [0.15, 0.2) is 0 Å². The molecule has 0 bridgehead atoms. The molecule has 8 heteroatoms. The van der Waals surface area contributed by atoms with Gasteiger partial charge >= 0.3 is 0 Å². The number of hydrogen-bond acceptors (Lipinski definition) is 6. The molecule has 0 aromatic heterocycles. The maximum absolute atomic E-state index is 12.2. The standard InChI is InChI=1S/C13H20N4O3S/c1-16(12-4-9-21(19,20)11-12)10-13(18)17(7-2-5-14)8-3-6-15/h12H,2-4,7-11H2,1H3. The third kappa shape index (κ3) is 5.70. The molecule has 0 spiro atoms. The van der Waals surface area contributed by atoms with Crippen molar-refractivity contribution in [2.45, 2.75) is 25.3 Å². The highest BCUT2D eigenvalue weighted by molar-refractivity contribution is 7.91. The first kappa shape index (κ1) is 17.4. The van der Waals surface area contributed by atoms with Crippen LogP contribution >= 0.6 is 0 Å². The van der Waals surface area contributed by atoms with Gasteiger partial charge in [-0.25, -0.2) is 8.42 Å². The maximum Gasteiger partial charge on any atom is 0.236 e. The van der Waals surface area contributed by atoms with Gasteiger partial charge in [0.25, 0.3) is 0 Å². The Labute approximate surface area is 125 Å². The molecule has 1 atom stereocenters. The summed E-state index contributed by atoms with van der Waals surface area (Å²) in [4.78, 5) is 15.4. The van der Waals surface area contributed by atoms with Crippen LogP contribution in [0.3, 0.4) is 0 Å². The van der Waals surface area contributed by atoms with Crippen LogP contribution in [-0.4, -0.2) is 68.4 Å². The molecule has 1 saturated heterocycles. The van der Waals surface area contributed by atoms with Crippen molar-refractivity contribution in [2.75, 3.05) is 38.2 Å². The number of nitrogens with zero attached hydrogens (tertiary/aromatic N) is 4. The Hall–Kier alpha value is -1.64. The lowest BCUT2D eigenvalue weighted by Crippen LogP contribution is -2.43. The molecule has 7 nitrogen and oxygen atoms in total. The van der Waals surface area contributed by atoms with Crippen LogP contribution in [0.5, 0.6) is 0 Å². The molecule has 0 aliphatic carbocycles. The van der Waals surface area contributed by atoms with Gasteiger partial charge in [-0.1, -0.05) is 0 Å². The van der Waals surface area contributed by atoms with Crippen molar-refractivity contribution in [3.8, 4) is 12.1 Å². The second kappa shape index (κ2) is 7.96. The Morgan fingerprint density at radius 2 is 1.81 bits per heavy atom. The predicted molar refractivity (Wildman–Crippen MR) is 76.7 cm³/mol. The Bertz CT molecular complexity index is 529. The molecule has 1 heterocycles. The first-order chi connectivity index (χ1) is 9.89. The molecular formula is C13H20N4O3S. The van der Waals surface area contributed by atoms with Crippen LogP contribution in [-0.2, 0) is 14.6 Å². The van der Waals surface area contributed by atoms with E-state index in [0.717, 1.165) is 0 Å². The molecule has 0 aromatic carbocycles. The summed E-state index contributed by atoms with van der Waals surface area (Å²) < 4.78 is 22.9. The van der Waals surface area contributed by atoms with Gasteiger partial charge in [0.1, 0.15) is 0 Å². The summed E-state index contributed by atoms with van der Waals surface area (Å²) >= 11 is 0. The number of carbonyl (C=O) groups excluding carboxylic acids is 1. The molecule has 21 heavy (non-hydrogen) atoms. The number of amides is 1. The van der Waals surface area contributed by atoms with Crippen LogP contribution in [0, 0.1) is 22.7 Å². The highest BCUT2D eigenvalue weighted by Gasteiger charge is 2.31. The molecule has 1 unspecified atom stereocenters. The lowest BCUT2D eigenvalue weighted by molar-refractivity contribution is -0.132. The Morgan fingerprint density at radius 3 is 2.24 bits per heavy atom. The van der Waals surface area contributed by atoms with Crippen molar-refractivity contribution in [1.82, 2.24) is 9.80 Å². The summed E-state index contributed by atoms with van der Waals surface area (Å²) in [5.41, 5.74) is 0. The summed E-state index contributed by atoms with van der Waals surface area (Å²) in [6.07, 6.45) is 0.986. The summed E-state index contributed by atoms with van der Waals surface area (Å²) in [5, 5.41) is 17.2. The van der Waals surface area contributed by atoms with Gasteiger partial charge in [-0.15, -0.1) is 0 Å². The van der Waals surface area contributed by atoms with Crippen LogP contribution in [0.2, 0.25) is 0 Å². The second-order valence-corrected chi connectivity index (χ2v) is 7.40. The number of rotatable bonds is 7. The minimum absolute atomic E-state index is 0.0904. The first-order valence-electron chi connectivity index (χ1n) is 6.82. The Balaban J connectivity index is 2.55. The average Bonchev–Trinajstić information content (AvgIpc) is 2.79. The first-order valence-corrected chi connectivity index (χ1v) is 8.64. The topological polar surface area (TPSA) is 105 Å². The zero-order valence-electron chi connectivity index (χ0n) is 12.2. The molecular weight excluding hydrogens is 292 g/mol. The molecule has 0 aromatic rings. The zero-order chi connectivity index (χ0) is 15.9. The highest BCUT2D eigenvalue weighted by atomic mass is 32.2. The molecule has 1 amide bonds. The van der Waals surface area contributed by atoms with Gasteiger partial charge in [0.15, 0.2) is 9.84 Å². The van der Waals surface area contributed by atoms with E-state index in [9.17, 15) is 13.2 Å². The minimum atomic E-state index is -2.98. The fourth-order valence-corrected chi connectivity index (χ4v) is 4.10. The smallest absolute Gasteiger partial charge is 0.236 e. The SMILES string of the molecule is CN(CC(=O)N(CCC#N)CCC#N)C1CCS(=O)(=O)C1. The molecule has 0 radical (unpaired) electrons. The summed E-state index contributed by atoms with van der Waals surface area (Å²) in [7, 11) is -1.25. The monoisotopic (exact) mass is 312 g/mol. The van der Waals surface area contributed by atoms with Crippen molar-refractivity contribution in [2.24, 2.45) is 0 Å². The van der Waals surface area contributed by atoms with Crippen LogP contribution in [0.25, 0.3) is 0 Å². The number of carbonyl (C=O) groups is 1. The molecule has 1 fully saturated rings. The van der Waals surface area contributed by atoms with Gasteiger partial charge in [0.05, 0.1) is 43.0 Å². The van der Waals surface area contributed by atoms with E-state index in [1.807, 2.05) is 12.1 Å². The van der Waals surface area contributed by atoms with Crippen molar-refractivity contribution < 1.29 is 13.2 Å². The van der Waals surface area contributed by atoms with E-state index < -0.39 is 9.84 Å². The van der Waals surface area contributed by atoms with Crippen LogP contribution < -0.4 is 0 Å². The van der Waals surface area contributed by atoms with Gasteiger partial charge in [-0.05, 0) is 13.5 Å². The summed E-state index contributed by atoms with van der Waals surface area (Å²) in [6.45, 7) is 0.707. The number of nitriles is 2. The molecule has 1 aliphatic heterocycles. The third-order valence-electron chi connectivity index (χ3n) is 3.56. The zero-order valence-corrected chi connectivity index (χ0v) is 13.0. The molecule has 116 valence electrons. The van der Waals surface area contributed by atoms with E-state index in [0.29, 0.717) is 19.5 Å². The van der Waals surface area contributed by atoms with E-state index in [1.54, 1.807) is 11.9 Å². The highest BCUT2D eigenvalue weighted by Crippen LogP contribution is 2.16.